The summed E-state index contributed by atoms with van der Waals surface area (Å²) in [5.41, 5.74) is 2.56. The Kier molecular flexibility index (Phi) is 6.26. The van der Waals surface area contributed by atoms with Crippen molar-refractivity contribution in [1.29, 1.82) is 0 Å². The molecule has 4 rings (SSSR count). The Morgan fingerprint density at radius 1 is 1.13 bits per heavy atom. The van der Waals surface area contributed by atoms with Crippen LogP contribution in [0.3, 0.4) is 0 Å². The average molecular weight is 420 g/mol. The molecule has 0 unspecified atom stereocenters. The molecule has 31 heavy (non-hydrogen) atoms. The van der Waals surface area contributed by atoms with Crippen molar-refractivity contribution < 1.29 is 14.3 Å². The van der Waals surface area contributed by atoms with Gasteiger partial charge in [0, 0.05) is 42.0 Å². The monoisotopic (exact) mass is 419 g/mol. The van der Waals surface area contributed by atoms with Crippen LogP contribution in [0.25, 0.3) is 10.9 Å². The topological polar surface area (TPSA) is 74.4 Å². The van der Waals surface area contributed by atoms with Crippen LogP contribution in [0.1, 0.15) is 35.8 Å². The first-order valence-electron chi connectivity index (χ1n) is 10.8. The molecule has 1 aliphatic heterocycles. The minimum absolute atomic E-state index is 0.0305. The van der Waals surface area contributed by atoms with Crippen LogP contribution in [-0.4, -0.2) is 41.9 Å². The summed E-state index contributed by atoms with van der Waals surface area (Å²) in [5, 5.41) is 4.08. The molecule has 2 heterocycles. The third-order valence-electron chi connectivity index (χ3n) is 6.35. The highest BCUT2D eigenvalue weighted by atomic mass is 16.5. The Labute approximate surface area is 182 Å². The summed E-state index contributed by atoms with van der Waals surface area (Å²) >= 11 is 0. The third-order valence-corrected chi connectivity index (χ3v) is 6.35. The zero-order valence-electron chi connectivity index (χ0n) is 18.1. The van der Waals surface area contributed by atoms with Gasteiger partial charge < -0.3 is 19.9 Å². The summed E-state index contributed by atoms with van der Waals surface area (Å²) in [5.74, 6) is 1.03. The number of piperidine rings is 1. The highest BCUT2D eigenvalue weighted by Crippen LogP contribution is 2.27. The number of likely N-dealkylation sites (tertiary alicyclic amines) is 1. The van der Waals surface area contributed by atoms with Crippen LogP contribution >= 0.6 is 0 Å². The number of benzene rings is 2. The van der Waals surface area contributed by atoms with Gasteiger partial charge in [0.05, 0.1) is 7.11 Å². The number of ether oxygens (including phenoxy) is 1. The van der Waals surface area contributed by atoms with E-state index in [9.17, 15) is 9.59 Å². The molecular formula is C25H29N3O3. The number of amides is 2. The molecule has 1 atom stereocenters. The second kappa shape index (κ2) is 9.25. The number of aromatic amines is 1. The van der Waals surface area contributed by atoms with Gasteiger partial charge in [-0.25, -0.2) is 0 Å². The quantitative estimate of drug-likeness (QED) is 0.635. The predicted octanol–water partition coefficient (Wildman–Crippen LogP) is 3.98. The molecule has 3 aromatic rings. The molecule has 1 aromatic heterocycles. The summed E-state index contributed by atoms with van der Waals surface area (Å²) < 4.78 is 5.35. The lowest BCUT2D eigenvalue weighted by atomic mass is 9.84. The molecule has 0 aliphatic carbocycles. The molecule has 0 bridgehead atoms. The maximum Gasteiger partial charge on any atom is 0.270 e. The van der Waals surface area contributed by atoms with E-state index >= 15 is 0 Å². The number of H-pyrrole nitrogens is 1. The van der Waals surface area contributed by atoms with E-state index in [2.05, 4.69) is 10.3 Å². The Morgan fingerprint density at radius 3 is 2.58 bits per heavy atom. The first-order chi connectivity index (χ1) is 15.1. The van der Waals surface area contributed by atoms with E-state index in [1.54, 1.807) is 7.11 Å². The van der Waals surface area contributed by atoms with E-state index < -0.39 is 0 Å². The van der Waals surface area contributed by atoms with Gasteiger partial charge in [-0.3, -0.25) is 9.59 Å². The van der Waals surface area contributed by atoms with Crippen molar-refractivity contribution in [3.8, 4) is 5.75 Å². The lowest BCUT2D eigenvalue weighted by Crippen LogP contribution is -2.42. The number of hydrogen-bond acceptors (Lipinski definition) is 3. The van der Waals surface area contributed by atoms with Gasteiger partial charge in [0.25, 0.3) is 5.91 Å². The highest BCUT2D eigenvalue weighted by molar-refractivity contribution is 5.98. The lowest BCUT2D eigenvalue weighted by molar-refractivity contribution is -0.126. The van der Waals surface area contributed by atoms with Crippen molar-refractivity contribution in [3.05, 3.63) is 65.9 Å². The minimum atomic E-state index is -0.0972. The number of carbonyl (C=O) groups is 2. The van der Waals surface area contributed by atoms with Gasteiger partial charge >= 0.3 is 0 Å². The second-order valence-corrected chi connectivity index (χ2v) is 8.22. The molecule has 0 spiro atoms. The number of para-hydroxylation sites is 2. The normalized spacial score (nSPS) is 15.6. The molecule has 1 fully saturated rings. The van der Waals surface area contributed by atoms with Crippen molar-refractivity contribution in [2.75, 3.05) is 20.2 Å². The van der Waals surface area contributed by atoms with Crippen LogP contribution in [0.15, 0.2) is 54.6 Å². The number of nitrogens with zero attached hydrogens (tertiary/aromatic N) is 1. The van der Waals surface area contributed by atoms with Gasteiger partial charge in [0.15, 0.2) is 0 Å². The van der Waals surface area contributed by atoms with Crippen molar-refractivity contribution in [2.24, 2.45) is 11.8 Å². The van der Waals surface area contributed by atoms with Crippen LogP contribution in [0.5, 0.6) is 5.75 Å². The molecule has 6 heteroatoms. The zero-order chi connectivity index (χ0) is 21.8. The highest BCUT2D eigenvalue weighted by Gasteiger charge is 2.30. The number of hydrogen-bond donors (Lipinski definition) is 2. The maximum atomic E-state index is 12.9. The number of aromatic nitrogens is 1. The maximum absolute atomic E-state index is 12.9. The third kappa shape index (κ3) is 4.58. The summed E-state index contributed by atoms with van der Waals surface area (Å²) in [7, 11) is 1.63. The zero-order valence-corrected chi connectivity index (χ0v) is 18.1. The first kappa shape index (κ1) is 21.0. The summed E-state index contributed by atoms with van der Waals surface area (Å²) in [6.07, 6.45) is 1.66. The largest absolute Gasteiger partial charge is 0.496 e. The molecule has 2 amide bonds. The number of methoxy groups -OCH3 is 1. The number of carbonyl (C=O) groups excluding carboxylic acids is 2. The fraction of sp³-hybridized carbons (Fsp3) is 0.360. The molecule has 1 aliphatic rings. The molecular weight excluding hydrogens is 390 g/mol. The van der Waals surface area contributed by atoms with E-state index in [0.29, 0.717) is 25.3 Å². The van der Waals surface area contributed by atoms with E-state index in [-0.39, 0.29) is 23.7 Å². The first-order valence-corrected chi connectivity index (χ1v) is 10.8. The minimum Gasteiger partial charge on any atom is -0.496 e. The van der Waals surface area contributed by atoms with Gasteiger partial charge in [0.1, 0.15) is 11.4 Å². The molecule has 0 radical (unpaired) electrons. The lowest BCUT2D eigenvalue weighted by Gasteiger charge is -2.34. The second-order valence-electron chi connectivity index (χ2n) is 8.22. The molecule has 2 N–H and O–H groups in total. The van der Waals surface area contributed by atoms with Crippen LogP contribution in [-0.2, 0) is 11.3 Å². The van der Waals surface area contributed by atoms with Gasteiger partial charge in [-0.15, -0.1) is 0 Å². The summed E-state index contributed by atoms with van der Waals surface area (Å²) in [6, 6.07) is 17.5. The Morgan fingerprint density at radius 2 is 1.84 bits per heavy atom. The van der Waals surface area contributed by atoms with Gasteiger partial charge in [-0.05, 0) is 37.0 Å². The Balaban J connectivity index is 1.30. The van der Waals surface area contributed by atoms with Crippen molar-refractivity contribution in [2.45, 2.75) is 26.3 Å². The van der Waals surface area contributed by atoms with Crippen molar-refractivity contribution in [3.63, 3.8) is 0 Å². The smallest absolute Gasteiger partial charge is 0.270 e. The fourth-order valence-electron chi connectivity index (χ4n) is 4.37. The van der Waals surface area contributed by atoms with Crippen LogP contribution in [0.4, 0.5) is 0 Å². The molecule has 0 saturated carbocycles. The Hall–Kier alpha value is -3.28. The predicted molar refractivity (Wildman–Crippen MR) is 121 cm³/mol. The van der Waals surface area contributed by atoms with E-state index in [1.807, 2.05) is 66.4 Å². The summed E-state index contributed by atoms with van der Waals surface area (Å²) in [4.78, 5) is 30.7. The van der Waals surface area contributed by atoms with Gasteiger partial charge in [-0.2, -0.15) is 0 Å². The number of nitrogens with one attached hydrogen (secondary N) is 2. The van der Waals surface area contributed by atoms with E-state index in [1.165, 1.54) is 0 Å². The van der Waals surface area contributed by atoms with Crippen LogP contribution in [0.2, 0.25) is 0 Å². The molecule has 6 nitrogen and oxygen atoms in total. The number of rotatable bonds is 6. The van der Waals surface area contributed by atoms with Crippen LogP contribution in [0, 0.1) is 11.8 Å². The van der Waals surface area contributed by atoms with Gasteiger partial charge in [0.2, 0.25) is 5.91 Å². The van der Waals surface area contributed by atoms with E-state index in [0.717, 1.165) is 35.1 Å². The number of fused-ring (bicyclic) bond motifs is 1. The molecule has 2 aromatic carbocycles. The standard InChI is InChI=1S/C25H29N3O3/c1-17(24(29)26-16-20-8-4-6-10-23(20)31-2)18-11-13-28(14-12-18)25(30)22-15-19-7-3-5-9-21(19)27-22/h3-10,15,17-18,27H,11-14,16H2,1-2H3,(H,26,29)/t17-/m0/s1. The molecule has 1 saturated heterocycles. The van der Waals surface area contributed by atoms with Crippen molar-refractivity contribution >= 4 is 22.7 Å². The average Bonchev–Trinajstić information content (AvgIpc) is 3.26. The van der Waals surface area contributed by atoms with Crippen LogP contribution < -0.4 is 10.1 Å². The molecule has 162 valence electrons. The fourth-order valence-corrected chi connectivity index (χ4v) is 4.37. The van der Waals surface area contributed by atoms with E-state index in [4.69, 9.17) is 4.74 Å². The SMILES string of the molecule is COc1ccccc1CNC(=O)[C@@H](C)C1CCN(C(=O)c2cc3ccccc3[nH]2)CC1. The summed E-state index contributed by atoms with van der Waals surface area (Å²) in [6.45, 7) is 3.77. The Bertz CT molecular complexity index is 1030. The van der Waals surface area contributed by atoms with Crippen molar-refractivity contribution in [1.82, 2.24) is 15.2 Å². The van der Waals surface area contributed by atoms with Gasteiger partial charge in [-0.1, -0.05) is 43.3 Å².